The predicted octanol–water partition coefficient (Wildman–Crippen LogP) is 2.63. The van der Waals surface area contributed by atoms with Crippen LogP contribution in [-0.4, -0.2) is 11.8 Å². The van der Waals surface area contributed by atoms with E-state index in [0.717, 1.165) is 16.8 Å². The fourth-order valence-corrected chi connectivity index (χ4v) is 2.10. The summed E-state index contributed by atoms with van der Waals surface area (Å²) in [5.74, 6) is 0.0669. The van der Waals surface area contributed by atoms with Crippen molar-refractivity contribution in [3.8, 4) is 5.75 Å². The molecule has 0 spiro atoms. The zero-order chi connectivity index (χ0) is 16.1. The molecule has 22 heavy (non-hydrogen) atoms. The van der Waals surface area contributed by atoms with Gasteiger partial charge in [-0.05, 0) is 54.4 Å². The van der Waals surface area contributed by atoms with Crippen LogP contribution in [0, 0.1) is 6.92 Å². The van der Waals surface area contributed by atoms with Crippen LogP contribution in [0.3, 0.4) is 0 Å². The number of rotatable bonds is 5. The second-order valence-electron chi connectivity index (χ2n) is 5.07. The first-order valence-corrected chi connectivity index (χ1v) is 6.85. The Kier molecular flexibility index (Phi) is 4.78. The van der Waals surface area contributed by atoms with Crippen LogP contribution >= 0.6 is 0 Å². The number of carbonyl (C=O) groups is 2. The monoisotopic (exact) mass is 298 g/mol. The summed E-state index contributed by atoms with van der Waals surface area (Å²) in [6.07, 6.45) is 0. The molecule has 2 aromatic rings. The Labute approximate surface area is 129 Å². The average molecular weight is 298 g/mol. The molecule has 0 heterocycles. The number of carbonyl (C=O) groups excluding carboxylic acids is 2. The van der Waals surface area contributed by atoms with Crippen LogP contribution in [0.15, 0.2) is 42.5 Å². The summed E-state index contributed by atoms with van der Waals surface area (Å²) >= 11 is 0. The lowest BCUT2D eigenvalue weighted by Gasteiger charge is -2.10. The van der Waals surface area contributed by atoms with E-state index in [-0.39, 0.29) is 5.91 Å². The molecule has 2 amide bonds. The quantitative estimate of drug-likeness (QED) is 0.890. The minimum absolute atomic E-state index is 0.112. The first-order valence-electron chi connectivity index (χ1n) is 6.85. The lowest BCUT2D eigenvalue weighted by atomic mass is 10.1. The maximum Gasteiger partial charge on any atom is 0.248 e. The molecule has 0 atom stereocenters. The van der Waals surface area contributed by atoms with Gasteiger partial charge in [-0.2, -0.15) is 0 Å². The van der Waals surface area contributed by atoms with E-state index in [2.05, 4.69) is 5.32 Å². The molecule has 0 radical (unpaired) electrons. The van der Waals surface area contributed by atoms with Gasteiger partial charge in [-0.15, -0.1) is 0 Å². The summed E-state index contributed by atoms with van der Waals surface area (Å²) in [6.45, 7) is 3.79. The molecule has 0 aliphatic carbocycles. The number of nitrogens with two attached hydrogens (primary N) is 1. The normalized spacial score (nSPS) is 10.1. The molecular weight excluding hydrogens is 280 g/mol. The molecule has 0 saturated carbocycles. The molecule has 0 aromatic heterocycles. The summed E-state index contributed by atoms with van der Waals surface area (Å²) in [4.78, 5) is 22.1. The molecule has 3 N–H and O–H groups in total. The molecule has 0 unspecified atom stereocenters. The molecule has 0 bridgehead atoms. The standard InChI is InChI=1S/C17H18N2O3/c1-11-7-13(9-15(8-11)19-12(2)20)10-22-16-5-3-14(4-6-16)17(18)21/h3-9H,10H2,1-2H3,(H2,18,21)(H,19,20). The minimum atomic E-state index is -0.467. The van der Waals surface area contributed by atoms with Gasteiger partial charge in [0, 0.05) is 18.2 Å². The van der Waals surface area contributed by atoms with E-state index in [0.29, 0.717) is 17.9 Å². The van der Waals surface area contributed by atoms with Crippen LogP contribution in [0.4, 0.5) is 5.69 Å². The van der Waals surface area contributed by atoms with Gasteiger partial charge in [0.1, 0.15) is 12.4 Å². The molecule has 114 valence electrons. The van der Waals surface area contributed by atoms with Gasteiger partial charge in [0.05, 0.1) is 0 Å². The maximum absolute atomic E-state index is 11.1. The second-order valence-corrected chi connectivity index (χ2v) is 5.07. The molecule has 2 rings (SSSR count). The first-order chi connectivity index (χ1) is 10.4. The fraction of sp³-hybridized carbons (Fsp3) is 0.176. The Morgan fingerprint density at radius 3 is 2.41 bits per heavy atom. The van der Waals surface area contributed by atoms with Gasteiger partial charge in [-0.25, -0.2) is 0 Å². The number of hydrogen-bond donors (Lipinski definition) is 2. The van der Waals surface area contributed by atoms with Gasteiger partial charge in [0.25, 0.3) is 0 Å². The van der Waals surface area contributed by atoms with Crippen LogP contribution in [0.25, 0.3) is 0 Å². The molecule has 0 saturated heterocycles. The number of anilines is 1. The van der Waals surface area contributed by atoms with Crippen LogP contribution in [0.2, 0.25) is 0 Å². The minimum Gasteiger partial charge on any atom is -0.489 e. The van der Waals surface area contributed by atoms with E-state index in [1.807, 2.05) is 25.1 Å². The van der Waals surface area contributed by atoms with Crippen molar-refractivity contribution < 1.29 is 14.3 Å². The Balaban J connectivity index is 2.06. The maximum atomic E-state index is 11.1. The van der Waals surface area contributed by atoms with Crippen molar-refractivity contribution in [2.75, 3.05) is 5.32 Å². The third kappa shape index (κ3) is 4.34. The smallest absolute Gasteiger partial charge is 0.248 e. The van der Waals surface area contributed by atoms with Crippen LogP contribution < -0.4 is 15.8 Å². The fourth-order valence-electron chi connectivity index (χ4n) is 2.10. The van der Waals surface area contributed by atoms with Gasteiger partial charge >= 0.3 is 0 Å². The molecule has 0 aliphatic rings. The number of nitrogens with one attached hydrogen (secondary N) is 1. The third-order valence-electron chi connectivity index (χ3n) is 3.00. The first kappa shape index (κ1) is 15.6. The zero-order valence-electron chi connectivity index (χ0n) is 12.6. The summed E-state index contributed by atoms with van der Waals surface area (Å²) in [6, 6.07) is 12.4. The Morgan fingerprint density at radius 1 is 1.14 bits per heavy atom. The molecule has 5 heteroatoms. The Morgan fingerprint density at radius 2 is 1.82 bits per heavy atom. The number of hydrogen-bond acceptors (Lipinski definition) is 3. The predicted molar refractivity (Wildman–Crippen MR) is 84.8 cm³/mol. The highest BCUT2D eigenvalue weighted by atomic mass is 16.5. The number of ether oxygens (including phenoxy) is 1. The van der Waals surface area contributed by atoms with Crippen molar-refractivity contribution >= 4 is 17.5 Å². The van der Waals surface area contributed by atoms with E-state index in [1.54, 1.807) is 24.3 Å². The molecule has 2 aromatic carbocycles. The van der Waals surface area contributed by atoms with Gasteiger partial charge in [0.2, 0.25) is 11.8 Å². The van der Waals surface area contributed by atoms with Crippen LogP contribution in [-0.2, 0) is 11.4 Å². The molecule has 0 aliphatic heterocycles. The highest BCUT2D eigenvalue weighted by Gasteiger charge is 2.03. The number of primary amides is 1. The van der Waals surface area contributed by atoms with Crippen molar-refractivity contribution in [3.05, 3.63) is 59.2 Å². The second kappa shape index (κ2) is 6.76. The molecular formula is C17H18N2O3. The number of benzene rings is 2. The van der Waals surface area contributed by atoms with Crippen molar-refractivity contribution in [2.45, 2.75) is 20.5 Å². The SMILES string of the molecule is CC(=O)Nc1cc(C)cc(COc2ccc(C(N)=O)cc2)c1. The topological polar surface area (TPSA) is 81.4 Å². The van der Waals surface area contributed by atoms with E-state index >= 15 is 0 Å². The summed E-state index contributed by atoms with van der Waals surface area (Å²) in [7, 11) is 0. The third-order valence-corrected chi connectivity index (χ3v) is 3.00. The lowest BCUT2D eigenvalue weighted by molar-refractivity contribution is -0.114. The van der Waals surface area contributed by atoms with E-state index in [1.165, 1.54) is 6.92 Å². The van der Waals surface area contributed by atoms with Crippen molar-refractivity contribution in [2.24, 2.45) is 5.73 Å². The van der Waals surface area contributed by atoms with Gasteiger partial charge in [-0.1, -0.05) is 6.07 Å². The lowest BCUT2D eigenvalue weighted by Crippen LogP contribution is -2.10. The largest absolute Gasteiger partial charge is 0.489 e. The van der Waals surface area contributed by atoms with Crippen molar-refractivity contribution in [1.82, 2.24) is 0 Å². The number of aryl methyl sites for hydroxylation is 1. The Hall–Kier alpha value is -2.82. The van der Waals surface area contributed by atoms with Crippen molar-refractivity contribution in [3.63, 3.8) is 0 Å². The van der Waals surface area contributed by atoms with Crippen molar-refractivity contribution in [1.29, 1.82) is 0 Å². The summed E-state index contributed by atoms with van der Waals surface area (Å²) in [5, 5.41) is 2.76. The highest BCUT2D eigenvalue weighted by molar-refractivity contribution is 5.92. The van der Waals surface area contributed by atoms with Crippen LogP contribution in [0.1, 0.15) is 28.4 Å². The van der Waals surface area contributed by atoms with Crippen LogP contribution in [0.5, 0.6) is 5.75 Å². The average Bonchev–Trinajstić information content (AvgIpc) is 2.44. The molecule has 0 fully saturated rings. The number of amides is 2. The summed E-state index contributed by atoms with van der Waals surface area (Å²) < 4.78 is 5.68. The van der Waals surface area contributed by atoms with Gasteiger partial charge in [0.15, 0.2) is 0 Å². The molecule has 5 nitrogen and oxygen atoms in total. The Bertz CT molecular complexity index is 694. The van der Waals surface area contributed by atoms with Gasteiger partial charge in [-0.3, -0.25) is 9.59 Å². The highest BCUT2D eigenvalue weighted by Crippen LogP contribution is 2.18. The van der Waals surface area contributed by atoms with Gasteiger partial charge < -0.3 is 15.8 Å². The zero-order valence-corrected chi connectivity index (χ0v) is 12.6. The van der Waals surface area contributed by atoms with E-state index in [9.17, 15) is 9.59 Å². The van der Waals surface area contributed by atoms with E-state index in [4.69, 9.17) is 10.5 Å². The van der Waals surface area contributed by atoms with E-state index < -0.39 is 5.91 Å². The summed E-state index contributed by atoms with van der Waals surface area (Å²) in [5.41, 5.74) is 8.36.